The number of carbonyl (C=O) groups excluding carboxylic acids is 1. The molecular weight excluding hydrogens is 677 g/mol. The second-order valence-corrected chi connectivity index (χ2v) is 15.3. The van der Waals surface area contributed by atoms with Gasteiger partial charge in [0, 0.05) is 18.0 Å². The fraction of sp³-hybridized carbons (Fsp3) is 0.939. The molecule has 0 aliphatic carbocycles. The number of hydrogen-bond acceptors (Lipinski definition) is 12. The highest BCUT2D eigenvalue weighted by molar-refractivity contribution is 8.47. The molecule has 0 aromatic heterocycles. The average molecular weight is 741 g/mol. The normalized spacial score (nSPS) is 11.5. The average Bonchev–Trinajstić information content (AvgIpc) is 3.06. The SMILES string of the molecule is CCCCCCCCCCCCSC(=S)SC(C)(C)C(=O)NCCOCCOCCOCCOCCOCCOCCOCCN=[N+]=[N-]. The van der Waals surface area contributed by atoms with Crippen LogP contribution in [0, 0.1) is 0 Å². The van der Waals surface area contributed by atoms with E-state index >= 15 is 0 Å². The van der Waals surface area contributed by atoms with Gasteiger partial charge in [-0.3, -0.25) is 4.79 Å². The van der Waals surface area contributed by atoms with E-state index in [1.54, 1.807) is 11.8 Å². The smallest absolute Gasteiger partial charge is 0.236 e. The molecule has 0 aliphatic rings. The van der Waals surface area contributed by atoms with Crippen molar-refractivity contribution in [1.82, 2.24) is 5.32 Å². The Morgan fingerprint density at radius 1 is 0.667 bits per heavy atom. The minimum absolute atomic E-state index is 0.0348. The third-order valence-corrected chi connectivity index (χ3v) is 9.56. The number of thioether (sulfide) groups is 2. The van der Waals surface area contributed by atoms with Gasteiger partial charge in [0.15, 0.2) is 0 Å². The van der Waals surface area contributed by atoms with E-state index in [1.807, 2.05) is 13.8 Å². The minimum atomic E-state index is -0.618. The van der Waals surface area contributed by atoms with Gasteiger partial charge in [-0.2, -0.15) is 0 Å². The highest BCUT2D eigenvalue weighted by Crippen LogP contribution is 2.31. The predicted octanol–water partition coefficient (Wildman–Crippen LogP) is 6.98. The van der Waals surface area contributed by atoms with Gasteiger partial charge >= 0.3 is 0 Å². The molecule has 0 rings (SSSR count). The maximum atomic E-state index is 12.7. The summed E-state index contributed by atoms with van der Waals surface area (Å²) < 4.78 is 38.3. The number of unbranched alkanes of at least 4 members (excludes halogenated alkanes) is 9. The van der Waals surface area contributed by atoms with E-state index < -0.39 is 4.75 Å². The van der Waals surface area contributed by atoms with Crippen molar-refractivity contribution >= 4 is 45.2 Å². The van der Waals surface area contributed by atoms with Crippen molar-refractivity contribution in [3.63, 3.8) is 0 Å². The van der Waals surface area contributed by atoms with Crippen LogP contribution in [0.4, 0.5) is 0 Å². The second kappa shape index (κ2) is 37.5. The highest BCUT2D eigenvalue weighted by atomic mass is 32.2. The summed E-state index contributed by atoms with van der Waals surface area (Å²) in [5.74, 6) is 0.986. The molecule has 0 fully saturated rings. The number of ether oxygens (including phenoxy) is 7. The fourth-order valence-corrected chi connectivity index (χ4v) is 7.13. The summed E-state index contributed by atoms with van der Waals surface area (Å²) in [5.41, 5.74) is 8.15. The Morgan fingerprint density at radius 2 is 1.06 bits per heavy atom. The Kier molecular flexibility index (Phi) is 37.0. The zero-order valence-electron chi connectivity index (χ0n) is 29.9. The first-order valence-corrected chi connectivity index (χ1v) is 19.8. The molecule has 0 radical (unpaired) electrons. The predicted molar refractivity (Wildman–Crippen MR) is 201 cm³/mol. The third kappa shape index (κ3) is 35.1. The molecule has 0 aromatic carbocycles. The summed E-state index contributed by atoms with van der Waals surface area (Å²) in [5, 5.41) is 6.33. The van der Waals surface area contributed by atoms with Gasteiger partial charge in [-0.25, -0.2) is 0 Å². The number of amides is 1. The van der Waals surface area contributed by atoms with Crippen molar-refractivity contribution in [3.8, 4) is 0 Å². The third-order valence-electron chi connectivity index (χ3n) is 6.77. The summed E-state index contributed by atoms with van der Waals surface area (Å²) in [7, 11) is 0. The fourth-order valence-electron chi connectivity index (χ4n) is 4.05. The van der Waals surface area contributed by atoms with Gasteiger partial charge in [-0.05, 0) is 31.6 Å². The van der Waals surface area contributed by atoms with E-state index in [2.05, 4.69) is 22.3 Å². The lowest BCUT2D eigenvalue weighted by atomic mass is 10.1. The molecule has 282 valence electrons. The zero-order chi connectivity index (χ0) is 35.2. The molecule has 0 aromatic rings. The van der Waals surface area contributed by atoms with Crippen molar-refractivity contribution in [2.75, 3.05) is 111 Å². The molecule has 1 N–H and O–H groups in total. The van der Waals surface area contributed by atoms with Gasteiger partial charge in [0.05, 0.1) is 97.2 Å². The molecule has 0 spiro atoms. The number of carbonyl (C=O) groups is 1. The molecule has 15 heteroatoms. The molecule has 1 amide bonds. The first-order valence-electron chi connectivity index (χ1n) is 17.6. The van der Waals surface area contributed by atoms with Crippen LogP contribution in [0.2, 0.25) is 0 Å². The van der Waals surface area contributed by atoms with E-state index in [-0.39, 0.29) is 5.91 Å². The van der Waals surface area contributed by atoms with Crippen LogP contribution in [-0.2, 0) is 38.0 Å². The molecule has 0 saturated carbocycles. The van der Waals surface area contributed by atoms with Gasteiger partial charge in [-0.15, -0.1) is 11.8 Å². The van der Waals surface area contributed by atoms with Crippen LogP contribution < -0.4 is 5.32 Å². The van der Waals surface area contributed by atoms with Crippen molar-refractivity contribution < 1.29 is 38.0 Å². The van der Waals surface area contributed by atoms with Gasteiger partial charge < -0.3 is 38.5 Å². The van der Waals surface area contributed by atoms with E-state index in [0.717, 1.165) is 9.28 Å². The lowest BCUT2D eigenvalue weighted by Gasteiger charge is -2.23. The molecule has 12 nitrogen and oxygen atoms in total. The Hall–Kier alpha value is -0.710. The summed E-state index contributed by atoms with van der Waals surface area (Å²) in [6.07, 6.45) is 13.3. The lowest BCUT2D eigenvalue weighted by Crippen LogP contribution is -2.41. The Balaban J connectivity index is 3.43. The van der Waals surface area contributed by atoms with Gasteiger partial charge in [-0.1, -0.05) is 93.8 Å². The largest absolute Gasteiger partial charge is 0.379 e. The summed E-state index contributed by atoms with van der Waals surface area (Å²) in [4.78, 5) is 15.3. The van der Waals surface area contributed by atoms with Crippen molar-refractivity contribution in [1.29, 1.82) is 0 Å². The number of nitrogens with zero attached hydrogens (tertiary/aromatic N) is 3. The second-order valence-electron chi connectivity index (χ2n) is 11.4. The summed E-state index contributed by atoms with van der Waals surface area (Å²) in [6, 6.07) is 0. The Labute approximate surface area is 304 Å². The van der Waals surface area contributed by atoms with Crippen LogP contribution >= 0.6 is 35.7 Å². The number of nitrogens with one attached hydrogen (secondary N) is 1. The zero-order valence-corrected chi connectivity index (χ0v) is 32.4. The number of hydrogen-bond donors (Lipinski definition) is 1. The highest BCUT2D eigenvalue weighted by Gasteiger charge is 2.29. The first kappa shape index (κ1) is 47.3. The van der Waals surface area contributed by atoms with Gasteiger partial charge in [0.2, 0.25) is 5.91 Å². The van der Waals surface area contributed by atoms with Crippen LogP contribution in [0.15, 0.2) is 5.11 Å². The molecule has 0 aliphatic heterocycles. The van der Waals surface area contributed by atoms with Crippen LogP contribution in [0.5, 0.6) is 0 Å². The van der Waals surface area contributed by atoms with Crippen molar-refractivity contribution in [2.45, 2.75) is 89.7 Å². The quantitative estimate of drug-likeness (QED) is 0.0232. The summed E-state index contributed by atoms with van der Waals surface area (Å²) >= 11 is 8.71. The minimum Gasteiger partial charge on any atom is -0.379 e. The van der Waals surface area contributed by atoms with Crippen LogP contribution in [0.1, 0.15) is 85.0 Å². The van der Waals surface area contributed by atoms with Crippen LogP contribution in [-0.4, -0.2) is 126 Å². The number of azide groups is 1. The molecule has 0 heterocycles. The van der Waals surface area contributed by atoms with Gasteiger partial charge in [0.1, 0.15) is 3.53 Å². The topological polar surface area (TPSA) is 142 Å². The van der Waals surface area contributed by atoms with Crippen molar-refractivity contribution in [3.05, 3.63) is 10.4 Å². The summed E-state index contributed by atoms with van der Waals surface area (Å²) in [6.45, 7) is 13.4. The van der Waals surface area contributed by atoms with Gasteiger partial charge in [0.25, 0.3) is 0 Å². The lowest BCUT2D eigenvalue weighted by molar-refractivity contribution is -0.122. The number of thiocarbonyl (C=S) groups is 1. The van der Waals surface area contributed by atoms with E-state index in [1.165, 1.54) is 76.0 Å². The number of rotatable bonds is 37. The Morgan fingerprint density at radius 3 is 1.50 bits per heavy atom. The Bertz CT molecular complexity index is 796. The maximum Gasteiger partial charge on any atom is 0.236 e. The van der Waals surface area contributed by atoms with E-state index in [4.69, 9.17) is 50.9 Å². The first-order chi connectivity index (χ1) is 23.4. The molecule has 0 saturated heterocycles. The molecular formula is C33H64N4O8S3. The molecule has 0 unspecified atom stereocenters. The van der Waals surface area contributed by atoms with Crippen molar-refractivity contribution in [2.24, 2.45) is 5.11 Å². The van der Waals surface area contributed by atoms with Crippen LogP contribution in [0.3, 0.4) is 0 Å². The van der Waals surface area contributed by atoms with E-state index in [0.29, 0.717) is 106 Å². The molecule has 0 atom stereocenters. The van der Waals surface area contributed by atoms with Crippen LogP contribution in [0.25, 0.3) is 10.4 Å². The van der Waals surface area contributed by atoms with E-state index in [9.17, 15) is 4.79 Å². The maximum absolute atomic E-state index is 12.7. The molecule has 0 bridgehead atoms. The monoisotopic (exact) mass is 740 g/mol. The standard InChI is InChI=1S/C33H64N4O8S3/c1-4-5-6-7-8-9-10-11-12-13-30-47-32(46)48-33(2,3)31(38)35-14-16-39-18-20-41-22-24-43-26-28-45-29-27-44-25-23-42-21-19-40-17-15-36-37-34/h4-30H2,1-3H3,(H,35,38). The molecule has 48 heavy (non-hydrogen) atoms.